The van der Waals surface area contributed by atoms with Gasteiger partial charge in [0.1, 0.15) is 5.82 Å². The lowest BCUT2D eigenvalue weighted by Crippen LogP contribution is -2.44. The zero-order chi connectivity index (χ0) is 21.4. The van der Waals surface area contributed by atoms with E-state index in [4.69, 9.17) is 34.7 Å². The lowest BCUT2D eigenvalue weighted by molar-refractivity contribution is 0.0725. The lowest BCUT2D eigenvalue weighted by atomic mass is 10.1. The molecule has 1 aliphatic rings. The molecule has 1 unspecified atom stereocenters. The molecule has 0 spiro atoms. The van der Waals surface area contributed by atoms with Crippen LogP contribution in [0.4, 0.5) is 0 Å². The molecule has 0 radical (unpaired) electrons. The monoisotopic (exact) mass is 434 g/mol. The largest absolute Gasteiger partial charge is 0.405 e. The number of hydrogen-bond donors (Lipinski definition) is 2. The van der Waals surface area contributed by atoms with Crippen LogP contribution in [0.1, 0.15) is 30.1 Å². The van der Waals surface area contributed by atoms with E-state index in [2.05, 4.69) is 21.6 Å². The average molecular weight is 435 g/mol. The van der Waals surface area contributed by atoms with Gasteiger partial charge in [-0.25, -0.2) is 15.0 Å². The number of rotatable bonds is 8. The zero-order valence-electron chi connectivity index (χ0n) is 16.1. The molecule has 9 heteroatoms. The summed E-state index contributed by atoms with van der Waals surface area (Å²) in [7, 11) is 0. The van der Waals surface area contributed by atoms with E-state index in [0.29, 0.717) is 33.9 Å². The molecule has 1 amide bonds. The molecule has 0 aromatic heterocycles. The molecule has 0 saturated heterocycles. The fourth-order valence-corrected chi connectivity index (χ4v) is 2.87. The molecular weight excluding hydrogens is 411 g/mol. The van der Waals surface area contributed by atoms with Crippen LogP contribution in [0.2, 0.25) is 10.0 Å². The van der Waals surface area contributed by atoms with Crippen LogP contribution in [0.3, 0.4) is 0 Å². The number of benzene rings is 1. The van der Waals surface area contributed by atoms with Gasteiger partial charge in [0, 0.05) is 18.3 Å². The highest BCUT2D eigenvalue weighted by molar-refractivity contribution is 6.42. The van der Waals surface area contributed by atoms with E-state index in [1.54, 1.807) is 29.2 Å². The zero-order valence-corrected chi connectivity index (χ0v) is 17.6. The van der Waals surface area contributed by atoms with Crippen LogP contribution < -0.4 is 11.5 Å². The fourth-order valence-electron chi connectivity index (χ4n) is 2.58. The summed E-state index contributed by atoms with van der Waals surface area (Å²) in [6.45, 7) is 6.19. The van der Waals surface area contributed by atoms with Crippen molar-refractivity contribution in [3.8, 4) is 0 Å². The minimum absolute atomic E-state index is 0.192. The molecule has 154 valence electrons. The quantitative estimate of drug-likeness (QED) is 0.481. The summed E-state index contributed by atoms with van der Waals surface area (Å²) in [5.41, 5.74) is 11.2. The summed E-state index contributed by atoms with van der Waals surface area (Å²) in [5, 5.41) is 0.710. The number of amides is 1. The van der Waals surface area contributed by atoms with Crippen molar-refractivity contribution in [2.75, 3.05) is 6.54 Å². The molecule has 1 atom stereocenters. The van der Waals surface area contributed by atoms with Gasteiger partial charge in [-0.1, -0.05) is 29.8 Å². The van der Waals surface area contributed by atoms with Crippen molar-refractivity contribution in [2.45, 2.75) is 25.8 Å². The van der Waals surface area contributed by atoms with E-state index in [0.717, 1.165) is 19.2 Å². The predicted octanol–water partition coefficient (Wildman–Crippen LogP) is 3.63. The third-order valence-electron chi connectivity index (χ3n) is 4.29. The van der Waals surface area contributed by atoms with Crippen molar-refractivity contribution in [1.29, 1.82) is 0 Å². The number of aliphatic imine (C=N–C) groups is 3. The average Bonchev–Trinajstić information content (AvgIpc) is 3.51. The Morgan fingerprint density at radius 1 is 1.31 bits per heavy atom. The molecule has 1 saturated carbocycles. The van der Waals surface area contributed by atoms with Crippen molar-refractivity contribution in [2.24, 2.45) is 32.4 Å². The Labute approximate surface area is 180 Å². The molecule has 0 aliphatic heterocycles. The Morgan fingerprint density at radius 2 is 2.03 bits per heavy atom. The number of nitrogens with two attached hydrogens (primary N) is 2. The summed E-state index contributed by atoms with van der Waals surface area (Å²) < 4.78 is 0. The van der Waals surface area contributed by atoms with Gasteiger partial charge >= 0.3 is 0 Å². The van der Waals surface area contributed by atoms with E-state index >= 15 is 0 Å². The highest BCUT2D eigenvalue weighted by Gasteiger charge is 2.32. The van der Waals surface area contributed by atoms with Crippen molar-refractivity contribution in [3.05, 3.63) is 58.5 Å². The van der Waals surface area contributed by atoms with Crippen molar-refractivity contribution in [3.63, 3.8) is 0 Å². The molecule has 7 nitrogen and oxygen atoms in total. The third kappa shape index (κ3) is 6.73. The molecule has 4 N–H and O–H groups in total. The van der Waals surface area contributed by atoms with Crippen LogP contribution >= 0.6 is 23.2 Å². The second-order valence-electron chi connectivity index (χ2n) is 6.53. The highest BCUT2D eigenvalue weighted by Crippen LogP contribution is 2.31. The van der Waals surface area contributed by atoms with Gasteiger partial charge in [0.05, 0.1) is 22.4 Å². The van der Waals surface area contributed by atoms with Crippen LogP contribution in [-0.2, 0) is 0 Å². The standard InChI is InChI=1S/C20H24Cl2N6O/c1-13(19(26-12-24)27-14(2)25-9-3-8-23)28(11-15-4-5-15)20(29)16-6-7-17(21)18(22)10-16/h3,6-10,12-13,15H,2,4-5,11,23H2,1H3,(H2,24,26,27)/b8-3-,25-9?. The summed E-state index contributed by atoms with van der Waals surface area (Å²) in [6.07, 6.45) is 7.63. The van der Waals surface area contributed by atoms with E-state index < -0.39 is 6.04 Å². The molecule has 1 aliphatic carbocycles. The topological polar surface area (TPSA) is 109 Å². The van der Waals surface area contributed by atoms with Crippen LogP contribution in [0.15, 0.2) is 57.9 Å². The lowest BCUT2D eigenvalue weighted by Gasteiger charge is -2.29. The molecule has 1 aromatic rings. The van der Waals surface area contributed by atoms with E-state index in [9.17, 15) is 4.79 Å². The first kappa shape index (κ1) is 22.6. The summed E-state index contributed by atoms with van der Waals surface area (Å²) in [4.78, 5) is 27.4. The molecule has 0 heterocycles. The number of amidine groups is 1. The maximum absolute atomic E-state index is 13.2. The minimum Gasteiger partial charge on any atom is -0.405 e. The molecule has 1 fully saturated rings. The Hall–Kier alpha value is -2.64. The first-order valence-electron chi connectivity index (χ1n) is 9.06. The van der Waals surface area contributed by atoms with Crippen LogP contribution in [0.5, 0.6) is 0 Å². The smallest absolute Gasteiger partial charge is 0.254 e. The van der Waals surface area contributed by atoms with Gasteiger partial charge in [0.15, 0.2) is 5.84 Å². The second-order valence-corrected chi connectivity index (χ2v) is 7.35. The molecule has 29 heavy (non-hydrogen) atoms. The Bertz CT molecular complexity index is 874. The summed E-state index contributed by atoms with van der Waals surface area (Å²) >= 11 is 12.1. The molecule has 0 bridgehead atoms. The number of carbonyl (C=O) groups excluding carboxylic acids is 1. The number of carbonyl (C=O) groups is 1. The van der Waals surface area contributed by atoms with Crippen LogP contribution in [0.25, 0.3) is 0 Å². The summed E-state index contributed by atoms with van der Waals surface area (Å²) in [6, 6.07) is 4.35. The Morgan fingerprint density at radius 3 is 2.62 bits per heavy atom. The number of nitrogens with zero attached hydrogens (tertiary/aromatic N) is 4. The van der Waals surface area contributed by atoms with Gasteiger partial charge in [-0.3, -0.25) is 4.79 Å². The highest BCUT2D eigenvalue weighted by atomic mass is 35.5. The van der Waals surface area contributed by atoms with Crippen molar-refractivity contribution >= 4 is 47.5 Å². The molecule has 1 aromatic carbocycles. The van der Waals surface area contributed by atoms with Crippen molar-refractivity contribution in [1.82, 2.24) is 4.90 Å². The first-order valence-corrected chi connectivity index (χ1v) is 9.81. The molecular formula is C20H24Cl2N6O. The maximum atomic E-state index is 13.2. The van der Waals surface area contributed by atoms with E-state index in [-0.39, 0.29) is 11.7 Å². The predicted molar refractivity (Wildman–Crippen MR) is 121 cm³/mol. The SMILES string of the molecule is C=C(N=C/C=C\N)N=C(N=CN)C(C)N(CC1CC1)C(=O)c1ccc(Cl)c(Cl)c1. The summed E-state index contributed by atoms with van der Waals surface area (Å²) in [5.74, 6) is 0.788. The number of halogens is 2. The third-order valence-corrected chi connectivity index (χ3v) is 5.03. The second kappa shape index (κ2) is 10.8. The van der Waals surface area contributed by atoms with Gasteiger partial charge in [-0.05, 0) is 56.2 Å². The maximum Gasteiger partial charge on any atom is 0.254 e. The van der Waals surface area contributed by atoms with Gasteiger partial charge in [0.2, 0.25) is 0 Å². The van der Waals surface area contributed by atoms with Gasteiger partial charge in [-0.2, -0.15) is 0 Å². The molecule has 2 rings (SSSR count). The normalized spacial score (nSPS) is 16.0. The van der Waals surface area contributed by atoms with Crippen molar-refractivity contribution < 1.29 is 4.79 Å². The van der Waals surface area contributed by atoms with Crippen LogP contribution in [0, 0.1) is 5.92 Å². The van der Waals surface area contributed by atoms with Gasteiger partial charge in [-0.15, -0.1) is 0 Å². The van der Waals surface area contributed by atoms with E-state index in [1.165, 1.54) is 12.4 Å². The van der Waals surface area contributed by atoms with Crippen LogP contribution in [-0.4, -0.2) is 41.8 Å². The van der Waals surface area contributed by atoms with Gasteiger partial charge < -0.3 is 16.4 Å². The number of hydrogen-bond acceptors (Lipinski definition) is 4. The Balaban J connectivity index is 2.33. The number of allylic oxidation sites excluding steroid dienone is 1. The van der Waals surface area contributed by atoms with E-state index in [1.807, 2.05) is 6.92 Å². The first-order chi connectivity index (χ1) is 13.9. The van der Waals surface area contributed by atoms with Gasteiger partial charge in [0.25, 0.3) is 5.91 Å². The Kier molecular flexibility index (Phi) is 8.42. The fraction of sp³-hybridized carbons (Fsp3) is 0.300. The minimum atomic E-state index is -0.464.